The molecule has 0 spiro atoms. The number of rotatable bonds is 2. The zero-order valence-corrected chi connectivity index (χ0v) is 7.20. The highest BCUT2D eigenvalue weighted by Gasteiger charge is 2.28. The van der Waals surface area contributed by atoms with Crippen LogP contribution in [0.5, 0.6) is 0 Å². The Kier molecular flexibility index (Phi) is 2.94. The van der Waals surface area contributed by atoms with E-state index in [0.717, 1.165) is 0 Å². The van der Waals surface area contributed by atoms with Crippen molar-refractivity contribution in [3.63, 3.8) is 0 Å². The van der Waals surface area contributed by atoms with E-state index in [9.17, 15) is 9.59 Å². The van der Waals surface area contributed by atoms with Gasteiger partial charge >= 0.3 is 0 Å². The van der Waals surface area contributed by atoms with Gasteiger partial charge in [-0.05, 0) is 13.8 Å². The minimum absolute atomic E-state index is 0.0362. The summed E-state index contributed by atoms with van der Waals surface area (Å²) in [7, 11) is 0. The van der Waals surface area contributed by atoms with E-state index in [1.165, 1.54) is 13.8 Å². The Morgan fingerprint density at radius 3 is 1.83 bits per heavy atom. The molecule has 0 saturated carbocycles. The van der Waals surface area contributed by atoms with Crippen molar-refractivity contribution in [1.82, 2.24) is 0 Å². The maximum absolute atomic E-state index is 10.9. The summed E-state index contributed by atoms with van der Waals surface area (Å²) in [6.45, 7) is 2.94. The fourth-order valence-electron chi connectivity index (χ4n) is 1.10. The van der Waals surface area contributed by atoms with Gasteiger partial charge in [0.05, 0.1) is 0 Å². The molecule has 2 atom stereocenters. The van der Waals surface area contributed by atoms with E-state index in [0.29, 0.717) is 6.42 Å². The van der Waals surface area contributed by atoms with E-state index in [1.54, 1.807) is 0 Å². The summed E-state index contributed by atoms with van der Waals surface area (Å²) in [4.78, 5) is 21.8. The van der Waals surface area contributed by atoms with Crippen molar-refractivity contribution in [2.24, 2.45) is 0 Å². The lowest BCUT2D eigenvalue weighted by molar-refractivity contribution is -0.184. The van der Waals surface area contributed by atoms with E-state index < -0.39 is 12.2 Å². The molecular weight excluding hydrogens is 160 g/mol. The van der Waals surface area contributed by atoms with Gasteiger partial charge in [-0.2, -0.15) is 0 Å². The van der Waals surface area contributed by atoms with Crippen LogP contribution in [-0.2, 0) is 19.1 Å². The van der Waals surface area contributed by atoms with Crippen molar-refractivity contribution in [3.8, 4) is 0 Å². The van der Waals surface area contributed by atoms with Gasteiger partial charge < -0.3 is 9.47 Å². The van der Waals surface area contributed by atoms with Gasteiger partial charge in [0.15, 0.2) is 11.6 Å². The van der Waals surface area contributed by atoms with Crippen LogP contribution >= 0.6 is 0 Å². The van der Waals surface area contributed by atoms with Gasteiger partial charge in [0.25, 0.3) is 0 Å². The van der Waals surface area contributed by atoms with Gasteiger partial charge in [-0.25, -0.2) is 0 Å². The molecule has 1 saturated heterocycles. The second-order valence-electron chi connectivity index (χ2n) is 2.89. The lowest BCUT2D eigenvalue weighted by atomic mass is 10.1. The van der Waals surface area contributed by atoms with Crippen LogP contribution in [0.25, 0.3) is 0 Å². The van der Waals surface area contributed by atoms with Crippen LogP contribution in [0.3, 0.4) is 0 Å². The van der Waals surface area contributed by atoms with Crippen molar-refractivity contribution >= 4 is 11.6 Å². The molecule has 1 heterocycles. The van der Waals surface area contributed by atoms with Crippen LogP contribution in [0.15, 0.2) is 0 Å². The van der Waals surface area contributed by atoms with Gasteiger partial charge in [0, 0.05) is 6.42 Å². The highest BCUT2D eigenvalue weighted by molar-refractivity contribution is 5.84. The average Bonchev–Trinajstić information content (AvgIpc) is 2.04. The molecule has 68 valence electrons. The molecule has 0 aliphatic carbocycles. The summed E-state index contributed by atoms with van der Waals surface area (Å²) < 4.78 is 9.99. The van der Waals surface area contributed by atoms with Gasteiger partial charge in [-0.1, -0.05) is 0 Å². The molecule has 0 N–H and O–H groups in total. The summed E-state index contributed by atoms with van der Waals surface area (Å²) in [5.74, 6) is -0.103. The van der Waals surface area contributed by atoms with E-state index in [2.05, 4.69) is 0 Å². The zero-order chi connectivity index (χ0) is 9.14. The van der Waals surface area contributed by atoms with Gasteiger partial charge in [-0.3, -0.25) is 9.59 Å². The number of hydrogen-bond donors (Lipinski definition) is 0. The number of carbonyl (C=O) groups excluding carboxylic acids is 2. The molecule has 0 aromatic carbocycles. The maximum atomic E-state index is 10.9. The van der Waals surface area contributed by atoms with Gasteiger partial charge in [0.1, 0.15) is 19.0 Å². The molecular formula is C8H12O4. The molecule has 0 bridgehead atoms. The molecule has 0 aromatic rings. The third-order valence-corrected chi connectivity index (χ3v) is 1.87. The van der Waals surface area contributed by atoms with Crippen LogP contribution in [-0.4, -0.2) is 30.6 Å². The Hall–Kier alpha value is -0.740. The minimum Gasteiger partial charge on any atom is -0.344 e. The predicted molar refractivity (Wildman–Crippen MR) is 40.6 cm³/mol. The van der Waals surface area contributed by atoms with Crippen molar-refractivity contribution in [1.29, 1.82) is 0 Å². The molecule has 0 amide bonds. The van der Waals surface area contributed by atoms with E-state index >= 15 is 0 Å². The van der Waals surface area contributed by atoms with Crippen molar-refractivity contribution in [2.45, 2.75) is 32.5 Å². The first kappa shape index (κ1) is 9.35. The summed E-state index contributed by atoms with van der Waals surface area (Å²) in [6.07, 6.45) is -0.578. The second-order valence-corrected chi connectivity index (χ2v) is 2.89. The van der Waals surface area contributed by atoms with Gasteiger partial charge in [-0.15, -0.1) is 0 Å². The number of ketones is 2. The number of Topliss-reactive ketones (excluding diaryl/α,β-unsaturated/α-hetero) is 2. The Labute approximate surface area is 70.8 Å². The number of hydrogen-bond acceptors (Lipinski definition) is 4. The summed E-state index contributed by atoms with van der Waals surface area (Å²) in [6, 6.07) is 0. The third-order valence-electron chi connectivity index (χ3n) is 1.87. The molecule has 0 radical (unpaired) electrons. The average molecular weight is 172 g/mol. The second kappa shape index (κ2) is 3.78. The standard InChI is InChI=1S/C8H12O4/c1-5(9)7-3-8(6(2)10)12-4-11-7/h7-8H,3-4H2,1-2H3. The fourth-order valence-corrected chi connectivity index (χ4v) is 1.10. The molecule has 1 rings (SSSR count). The van der Waals surface area contributed by atoms with Crippen molar-refractivity contribution < 1.29 is 19.1 Å². The van der Waals surface area contributed by atoms with E-state index in [1.807, 2.05) is 0 Å². The number of ether oxygens (including phenoxy) is 2. The predicted octanol–water partition coefficient (Wildman–Crippen LogP) is 0.296. The van der Waals surface area contributed by atoms with Gasteiger partial charge in [0.2, 0.25) is 0 Å². The third kappa shape index (κ3) is 2.12. The number of carbonyl (C=O) groups is 2. The first-order valence-corrected chi connectivity index (χ1v) is 3.85. The van der Waals surface area contributed by atoms with Crippen molar-refractivity contribution in [2.75, 3.05) is 6.79 Å². The maximum Gasteiger partial charge on any atom is 0.158 e. The molecule has 1 aliphatic rings. The fraction of sp³-hybridized carbons (Fsp3) is 0.750. The molecule has 2 unspecified atom stereocenters. The highest BCUT2D eigenvalue weighted by atomic mass is 16.7. The summed E-state index contributed by atoms with van der Waals surface area (Å²) >= 11 is 0. The van der Waals surface area contributed by atoms with Crippen LogP contribution < -0.4 is 0 Å². The van der Waals surface area contributed by atoms with Crippen molar-refractivity contribution in [3.05, 3.63) is 0 Å². The monoisotopic (exact) mass is 172 g/mol. The van der Waals surface area contributed by atoms with Crippen LogP contribution in [0.1, 0.15) is 20.3 Å². The Morgan fingerprint density at radius 1 is 1.08 bits per heavy atom. The Balaban J connectivity index is 2.51. The summed E-state index contributed by atoms with van der Waals surface area (Å²) in [5, 5.41) is 0. The van der Waals surface area contributed by atoms with E-state index in [-0.39, 0.29) is 18.4 Å². The minimum atomic E-state index is -0.465. The first-order chi connectivity index (χ1) is 5.61. The topological polar surface area (TPSA) is 52.6 Å². The molecule has 1 aliphatic heterocycles. The SMILES string of the molecule is CC(=O)C1CC(C(C)=O)OCO1. The van der Waals surface area contributed by atoms with Crippen LogP contribution in [0.2, 0.25) is 0 Å². The Morgan fingerprint density at radius 2 is 1.50 bits per heavy atom. The molecule has 1 fully saturated rings. The molecule has 4 nitrogen and oxygen atoms in total. The highest BCUT2D eigenvalue weighted by Crippen LogP contribution is 2.14. The van der Waals surface area contributed by atoms with E-state index in [4.69, 9.17) is 9.47 Å². The van der Waals surface area contributed by atoms with Crippen LogP contribution in [0.4, 0.5) is 0 Å². The quantitative estimate of drug-likeness (QED) is 0.601. The van der Waals surface area contributed by atoms with Crippen LogP contribution in [0, 0.1) is 0 Å². The molecule has 4 heteroatoms. The first-order valence-electron chi connectivity index (χ1n) is 3.85. The zero-order valence-electron chi connectivity index (χ0n) is 7.20. The lowest BCUT2D eigenvalue weighted by Gasteiger charge is -2.26. The smallest absolute Gasteiger partial charge is 0.158 e. The normalized spacial score (nSPS) is 29.8. The summed E-state index contributed by atoms with van der Waals surface area (Å²) in [5.41, 5.74) is 0. The molecule has 12 heavy (non-hydrogen) atoms. The Bertz CT molecular complexity index is 179. The lowest BCUT2D eigenvalue weighted by Crippen LogP contribution is -2.38. The largest absolute Gasteiger partial charge is 0.344 e. The molecule has 0 aromatic heterocycles.